The van der Waals surface area contributed by atoms with Gasteiger partial charge in [0.1, 0.15) is 11.8 Å². The zero-order chi connectivity index (χ0) is 16.4. The average molecular weight is 315 g/mol. The summed E-state index contributed by atoms with van der Waals surface area (Å²) >= 11 is 0. The number of carbonyl (C=O) groups is 1. The van der Waals surface area contributed by atoms with Crippen LogP contribution >= 0.6 is 0 Å². The van der Waals surface area contributed by atoms with Crippen LogP contribution < -0.4 is 9.46 Å². The number of aryl methyl sites for hydroxylation is 2. The van der Waals surface area contributed by atoms with Gasteiger partial charge < -0.3 is 9.84 Å². The molecule has 1 aromatic carbocycles. The fraction of sp³-hybridized carbons (Fsp3) is 0.500. The first-order valence-electron chi connectivity index (χ1n) is 6.50. The molecule has 0 aliphatic heterocycles. The van der Waals surface area contributed by atoms with E-state index in [0.29, 0.717) is 16.9 Å². The van der Waals surface area contributed by atoms with E-state index in [2.05, 4.69) is 4.72 Å². The topological polar surface area (TPSA) is 92.7 Å². The molecule has 0 spiro atoms. The molecule has 7 heteroatoms. The van der Waals surface area contributed by atoms with Crippen molar-refractivity contribution in [3.05, 3.63) is 23.3 Å². The summed E-state index contributed by atoms with van der Waals surface area (Å²) in [6.07, 6.45) is 0. The second-order valence-corrected chi connectivity index (χ2v) is 6.95. The van der Waals surface area contributed by atoms with Gasteiger partial charge in [0.15, 0.2) is 0 Å². The highest BCUT2D eigenvalue weighted by Crippen LogP contribution is 2.26. The molecule has 118 valence electrons. The second-order valence-electron chi connectivity index (χ2n) is 5.27. The molecule has 1 atom stereocenters. The Morgan fingerprint density at radius 2 is 1.81 bits per heavy atom. The second kappa shape index (κ2) is 6.44. The third kappa shape index (κ3) is 3.95. The Morgan fingerprint density at radius 3 is 2.24 bits per heavy atom. The lowest BCUT2D eigenvalue weighted by Crippen LogP contribution is -2.44. The SMILES string of the molecule is COc1cc(C)c(S(=O)(=O)NC(C(=O)O)C(C)C)cc1C. The Kier molecular flexibility index (Phi) is 5.36. The monoisotopic (exact) mass is 315 g/mol. The van der Waals surface area contributed by atoms with Gasteiger partial charge in [0.05, 0.1) is 12.0 Å². The number of methoxy groups -OCH3 is 1. The maximum atomic E-state index is 12.4. The third-order valence-corrected chi connectivity index (χ3v) is 4.78. The Bertz CT molecular complexity index is 637. The number of ether oxygens (including phenoxy) is 1. The van der Waals surface area contributed by atoms with E-state index in [1.165, 1.54) is 13.2 Å². The van der Waals surface area contributed by atoms with E-state index < -0.39 is 22.0 Å². The van der Waals surface area contributed by atoms with E-state index in [1.54, 1.807) is 33.8 Å². The lowest BCUT2D eigenvalue weighted by molar-refractivity contribution is -0.140. The van der Waals surface area contributed by atoms with E-state index in [0.717, 1.165) is 0 Å². The number of benzene rings is 1. The van der Waals surface area contributed by atoms with E-state index in [1.807, 2.05) is 0 Å². The molecule has 0 saturated heterocycles. The fourth-order valence-corrected chi connectivity index (χ4v) is 3.62. The number of hydrogen-bond acceptors (Lipinski definition) is 4. The third-order valence-electron chi connectivity index (χ3n) is 3.20. The quantitative estimate of drug-likeness (QED) is 0.833. The van der Waals surface area contributed by atoms with Crippen molar-refractivity contribution in [3.63, 3.8) is 0 Å². The number of rotatable bonds is 6. The zero-order valence-electron chi connectivity index (χ0n) is 12.8. The Morgan fingerprint density at radius 1 is 1.24 bits per heavy atom. The molecule has 0 amide bonds. The first-order chi connectivity index (χ1) is 9.60. The van der Waals surface area contributed by atoms with Crippen molar-refractivity contribution in [2.45, 2.75) is 38.6 Å². The van der Waals surface area contributed by atoms with Crippen LogP contribution in [0.15, 0.2) is 17.0 Å². The fourth-order valence-electron chi connectivity index (χ4n) is 1.97. The molecule has 0 bridgehead atoms. The van der Waals surface area contributed by atoms with Crippen LogP contribution in [0.4, 0.5) is 0 Å². The van der Waals surface area contributed by atoms with Crippen molar-refractivity contribution in [3.8, 4) is 5.75 Å². The Balaban J connectivity index is 3.25. The van der Waals surface area contributed by atoms with Gasteiger partial charge in [-0.3, -0.25) is 4.79 Å². The van der Waals surface area contributed by atoms with Crippen molar-refractivity contribution in [2.75, 3.05) is 7.11 Å². The van der Waals surface area contributed by atoms with Crippen molar-refractivity contribution in [1.82, 2.24) is 4.72 Å². The zero-order valence-corrected chi connectivity index (χ0v) is 13.6. The first-order valence-corrected chi connectivity index (χ1v) is 7.98. The molecule has 0 aliphatic carbocycles. The summed E-state index contributed by atoms with van der Waals surface area (Å²) < 4.78 is 32.2. The van der Waals surface area contributed by atoms with Gasteiger partial charge in [0.2, 0.25) is 10.0 Å². The molecule has 2 N–H and O–H groups in total. The Hall–Kier alpha value is -1.60. The number of hydrogen-bond donors (Lipinski definition) is 2. The van der Waals surface area contributed by atoms with Crippen molar-refractivity contribution in [2.24, 2.45) is 5.92 Å². The predicted molar refractivity (Wildman–Crippen MR) is 79.1 cm³/mol. The molecule has 1 unspecified atom stereocenters. The summed E-state index contributed by atoms with van der Waals surface area (Å²) in [5.41, 5.74) is 1.16. The first kappa shape index (κ1) is 17.5. The minimum atomic E-state index is -3.91. The molecule has 0 heterocycles. The van der Waals surface area contributed by atoms with Gasteiger partial charge in [-0.15, -0.1) is 0 Å². The van der Waals surface area contributed by atoms with Gasteiger partial charge in [0, 0.05) is 0 Å². The molecule has 21 heavy (non-hydrogen) atoms. The van der Waals surface area contributed by atoms with Crippen molar-refractivity contribution >= 4 is 16.0 Å². The summed E-state index contributed by atoms with van der Waals surface area (Å²) in [5.74, 6) is -0.974. The normalized spacial score (nSPS) is 13.2. The highest BCUT2D eigenvalue weighted by Gasteiger charge is 2.29. The van der Waals surface area contributed by atoms with Crippen LogP contribution in [0.3, 0.4) is 0 Å². The molecule has 6 nitrogen and oxygen atoms in total. The summed E-state index contributed by atoms with van der Waals surface area (Å²) in [5, 5.41) is 9.11. The van der Waals surface area contributed by atoms with Crippen LogP contribution in [0, 0.1) is 19.8 Å². The van der Waals surface area contributed by atoms with Gasteiger partial charge in [-0.2, -0.15) is 4.72 Å². The van der Waals surface area contributed by atoms with Crippen LogP contribution in [0.25, 0.3) is 0 Å². The van der Waals surface area contributed by atoms with Crippen LogP contribution in [0.1, 0.15) is 25.0 Å². The predicted octanol–water partition coefficient (Wildman–Crippen LogP) is 1.70. The minimum Gasteiger partial charge on any atom is -0.496 e. The van der Waals surface area contributed by atoms with E-state index in [4.69, 9.17) is 9.84 Å². The summed E-state index contributed by atoms with van der Waals surface area (Å²) in [6, 6.07) is 1.93. The molecule has 0 saturated carbocycles. The molecule has 0 radical (unpaired) electrons. The largest absolute Gasteiger partial charge is 0.496 e. The maximum absolute atomic E-state index is 12.4. The molecule has 0 aliphatic rings. The lowest BCUT2D eigenvalue weighted by Gasteiger charge is -2.19. The molecule has 0 fully saturated rings. The van der Waals surface area contributed by atoms with Crippen molar-refractivity contribution < 1.29 is 23.1 Å². The van der Waals surface area contributed by atoms with Crippen molar-refractivity contribution in [1.29, 1.82) is 0 Å². The van der Waals surface area contributed by atoms with Crippen LogP contribution in [-0.4, -0.2) is 32.6 Å². The van der Waals surface area contributed by atoms with Gasteiger partial charge in [-0.05, 0) is 43.0 Å². The lowest BCUT2D eigenvalue weighted by atomic mass is 10.1. The number of carboxylic acid groups (broad SMARTS) is 1. The number of nitrogens with one attached hydrogen (secondary N) is 1. The highest BCUT2D eigenvalue weighted by atomic mass is 32.2. The van der Waals surface area contributed by atoms with E-state index in [-0.39, 0.29) is 10.8 Å². The standard InChI is InChI=1S/C14H21NO5S/c1-8(2)13(14(16)17)15-21(18,19)12-7-9(3)11(20-5)6-10(12)4/h6-8,13,15H,1-5H3,(H,16,17). The average Bonchev–Trinajstić information content (AvgIpc) is 2.37. The van der Waals surface area contributed by atoms with Crippen LogP contribution in [-0.2, 0) is 14.8 Å². The smallest absolute Gasteiger partial charge is 0.322 e. The van der Waals surface area contributed by atoms with Gasteiger partial charge >= 0.3 is 5.97 Å². The maximum Gasteiger partial charge on any atom is 0.322 e. The summed E-state index contributed by atoms with van der Waals surface area (Å²) in [4.78, 5) is 11.2. The Labute approximate surface area is 125 Å². The minimum absolute atomic E-state index is 0.0627. The van der Waals surface area contributed by atoms with E-state index >= 15 is 0 Å². The summed E-state index contributed by atoms with van der Waals surface area (Å²) in [7, 11) is -2.41. The number of aliphatic carboxylic acids is 1. The molecular formula is C14H21NO5S. The molecule has 1 rings (SSSR count). The van der Waals surface area contributed by atoms with Gasteiger partial charge in [-0.25, -0.2) is 8.42 Å². The van der Waals surface area contributed by atoms with Crippen LogP contribution in [0.2, 0.25) is 0 Å². The van der Waals surface area contributed by atoms with Gasteiger partial charge in [-0.1, -0.05) is 13.8 Å². The summed E-state index contributed by atoms with van der Waals surface area (Å²) in [6.45, 7) is 6.66. The molecular weight excluding hydrogens is 294 g/mol. The van der Waals surface area contributed by atoms with Crippen LogP contribution in [0.5, 0.6) is 5.75 Å². The number of carboxylic acids is 1. The molecule has 1 aromatic rings. The highest BCUT2D eigenvalue weighted by molar-refractivity contribution is 7.89. The van der Waals surface area contributed by atoms with Gasteiger partial charge in [0.25, 0.3) is 0 Å². The molecule has 0 aromatic heterocycles. The van der Waals surface area contributed by atoms with E-state index in [9.17, 15) is 13.2 Å². The number of sulfonamides is 1.